The predicted octanol–water partition coefficient (Wildman–Crippen LogP) is 0.520. The fourth-order valence-corrected chi connectivity index (χ4v) is 1.41. The maximum absolute atomic E-state index is 11.4. The van der Waals surface area contributed by atoms with E-state index in [2.05, 4.69) is 10.4 Å². The van der Waals surface area contributed by atoms with Gasteiger partial charge in [-0.1, -0.05) is 0 Å². The summed E-state index contributed by atoms with van der Waals surface area (Å²) >= 11 is 0. The van der Waals surface area contributed by atoms with Crippen LogP contribution in [0.5, 0.6) is 0 Å². The fourth-order valence-electron chi connectivity index (χ4n) is 1.41. The van der Waals surface area contributed by atoms with Gasteiger partial charge in [0.2, 0.25) is 0 Å². The van der Waals surface area contributed by atoms with E-state index >= 15 is 0 Å². The number of hydrogen-bond donors (Lipinski definition) is 1. The molecule has 0 saturated carbocycles. The summed E-state index contributed by atoms with van der Waals surface area (Å²) in [5.74, 6) is -0.247. The van der Waals surface area contributed by atoms with Crippen LogP contribution in [0.3, 0.4) is 0 Å². The van der Waals surface area contributed by atoms with E-state index in [1.54, 1.807) is 10.9 Å². The van der Waals surface area contributed by atoms with Crippen LogP contribution in [0, 0.1) is 0 Å². The second kappa shape index (κ2) is 3.38. The molecule has 0 aromatic carbocycles. The minimum atomic E-state index is -0.386. The van der Waals surface area contributed by atoms with Crippen molar-refractivity contribution in [3.63, 3.8) is 0 Å². The minimum Gasteiger partial charge on any atom is -0.328 e. The average Bonchev–Trinajstić information content (AvgIpc) is 2.73. The monoisotopic (exact) mass is 208 g/mol. The van der Waals surface area contributed by atoms with Gasteiger partial charge in [-0.05, 0) is 13.8 Å². The molecule has 2 rings (SSSR count). The van der Waals surface area contributed by atoms with Gasteiger partial charge in [-0.15, -0.1) is 0 Å². The molecule has 0 spiro atoms. The van der Waals surface area contributed by atoms with Crippen LogP contribution >= 0.6 is 0 Å². The van der Waals surface area contributed by atoms with Gasteiger partial charge in [-0.2, -0.15) is 5.10 Å². The van der Waals surface area contributed by atoms with Gasteiger partial charge in [0.15, 0.2) is 0 Å². The SMILES string of the molecule is CC(C)n1cc(N2C(=O)CNC2=O)cn1. The third-order valence-electron chi connectivity index (χ3n) is 2.22. The molecule has 1 aromatic heterocycles. The van der Waals surface area contributed by atoms with Crippen LogP contribution in [-0.2, 0) is 4.79 Å². The highest BCUT2D eigenvalue weighted by Gasteiger charge is 2.30. The maximum Gasteiger partial charge on any atom is 0.329 e. The molecule has 1 aromatic rings. The standard InChI is InChI=1S/C9H12N4O2/c1-6(2)12-5-7(3-11-12)13-8(14)4-10-9(13)15/h3,5-6H,4H2,1-2H3,(H,10,15). The second-order valence-electron chi connectivity index (χ2n) is 3.66. The Balaban J connectivity index is 2.29. The molecule has 1 aliphatic rings. The van der Waals surface area contributed by atoms with Gasteiger partial charge in [-0.25, -0.2) is 9.69 Å². The summed E-state index contributed by atoms with van der Waals surface area (Å²) in [5, 5.41) is 6.53. The number of carbonyl (C=O) groups excluding carboxylic acids is 2. The molecule has 0 atom stereocenters. The zero-order valence-corrected chi connectivity index (χ0v) is 8.60. The largest absolute Gasteiger partial charge is 0.329 e. The summed E-state index contributed by atoms with van der Waals surface area (Å²) in [4.78, 5) is 23.8. The molecule has 80 valence electrons. The highest BCUT2D eigenvalue weighted by molar-refractivity contribution is 6.19. The Labute approximate surface area is 86.9 Å². The van der Waals surface area contributed by atoms with Gasteiger partial charge in [0.05, 0.1) is 18.4 Å². The second-order valence-corrected chi connectivity index (χ2v) is 3.66. The first kappa shape index (κ1) is 9.70. The molecule has 6 nitrogen and oxygen atoms in total. The number of imide groups is 1. The highest BCUT2D eigenvalue weighted by Crippen LogP contribution is 2.17. The van der Waals surface area contributed by atoms with Gasteiger partial charge < -0.3 is 5.32 Å². The molecule has 15 heavy (non-hydrogen) atoms. The lowest BCUT2D eigenvalue weighted by atomic mass is 10.4. The molecule has 0 bridgehead atoms. The minimum absolute atomic E-state index is 0.0612. The quantitative estimate of drug-likeness (QED) is 0.720. The average molecular weight is 208 g/mol. The van der Waals surface area contributed by atoms with Gasteiger partial charge >= 0.3 is 6.03 Å². The molecular formula is C9H12N4O2. The first-order valence-electron chi connectivity index (χ1n) is 4.74. The van der Waals surface area contributed by atoms with Crippen molar-refractivity contribution in [1.82, 2.24) is 15.1 Å². The summed E-state index contributed by atoms with van der Waals surface area (Å²) in [6, 6.07) is -0.178. The number of hydrogen-bond acceptors (Lipinski definition) is 3. The Morgan fingerprint density at radius 3 is 2.67 bits per heavy atom. The van der Waals surface area contributed by atoms with Crippen LogP contribution in [0.1, 0.15) is 19.9 Å². The van der Waals surface area contributed by atoms with Gasteiger partial charge in [0.1, 0.15) is 0 Å². The molecule has 3 amide bonds. The number of nitrogens with one attached hydrogen (secondary N) is 1. The van der Waals surface area contributed by atoms with Crippen LogP contribution in [0.4, 0.5) is 10.5 Å². The van der Waals surface area contributed by atoms with Crippen molar-refractivity contribution in [3.05, 3.63) is 12.4 Å². The van der Waals surface area contributed by atoms with E-state index in [4.69, 9.17) is 0 Å². The van der Waals surface area contributed by atoms with Gasteiger partial charge in [-0.3, -0.25) is 9.48 Å². The first-order valence-corrected chi connectivity index (χ1v) is 4.74. The number of rotatable bonds is 2. The molecule has 2 heterocycles. The Morgan fingerprint density at radius 1 is 1.47 bits per heavy atom. The molecule has 0 aliphatic carbocycles. The number of anilines is 1. The third kappa shape index (κ3) is 1.58. The summed E-state index contributed by atoms with van der Waals surface area (Å²) in [6.45, 7) is 4.01. The fraction of sp³-hybridized carbons (Fsp3) is 0.444. The smallest absolute Gasteiger partial charge is 0.328 e. The van der Waals surface area contributed by atoms with Crippen molar-refractivity contribution >= 4 is 17.6 Å². The number of carbonyl (C=O) groups is 2. The molecule has 6 heteroatoms. The van der Waals surface area contributed by atoms with Crippen molar-refractivity contribution in [2.75, 3.05) is 11.4 Å². The van der Waals surface area contributed by atoms with Crippen molar-refractivity contribution < 1.29 is 9.59 Å². The number of aromatic nitrogens is 2. The normalized spacial score (nSPS) is 16.3. The van der Waals surface area contributed by atoms with E-state index in [0.717, 1.165) is 4.90 Å². The summed E-state index contributed by atoms with van der Waals surface area (Å²) < 4.78 is 1.70. The predicted molar refractivity (Wildman–Crippen MR) is 53.5 cm³/mol. The summed E-state index contributed by atoms with van der Waals surface area (Å²) in [7, 11) is 0. The van der Waals surface area contributed by atoms with Crippen molar-refractivity contribution in [1.29, 1.82) is 0 Å². The Hall–Kier alpha value is -1.85. The molecule has 0 radical (unpaired) electrons. The Morgan fingerprint density at radius 2 is 2.20 bits per heavy atom. The topological polar surface area (TPSA) is 67.2 Å². The molecule has 1 N–H and O–H groups in total. The molecule has 0 unspecified atom stereocenters. The zero-order valence-electron chi connectivity index (χ0n) is 8.60. The molecule has 1 saturated heterocycles. The summed E-state index contributed by atoms with van der Waals surface area (Å²) in [5.41, 5.74) is 0.517. The molecule has 1 fully saturated rings. The van der Waals surface area contributed by atoms with Crippen LogP contribution in [0.2, 0.25) is 0 Å². The van der Waals surface area contributed by atoms with Crippen LogP contribution in [0.25, 0.3) is 0 Å². The van der Waals surface area contributed by atoms with Gasteiger partial charge in [0, 0.05) is 12.2 Å². The van der Waals surface area contributed by atoms with E-state index in [-0.39, 0.29) is 24.5 Å². The van der Waals surface area contributed by atoms with E-state index in [1.807, 2.05) is 13.8 Å². The van der Waals surface area contributed by atoms with Gasteiger partial charge in [0.25, 0.3) is 5.91 Å². The first-order chi connectivity index (χ1) is 7.09. The van der Waals surface area contributed by atoms with E-state index < -0.39 is 0 Å². The molecule has 1 aliphatic heterocycles. The van der Waals surface area contributed by atoms with Crippen LogP contribution < -0.4 is 10.2 Å². The van der Waals surface area contributed by atoms with Crippen molar-refractivity contribution in [2.24, 2.45) is 0 Å². The lowest BCUT2D eigenvalue weighted by Gasteiger charge is -2.08. The third-order valence-corrected chi connectivity index (χ3v) is 2.22. The number of amides is 3. The number of nitrogens with zero attached hydrogens (tertiary/aromatic N) is 3. The zero-order chi connectivity index (χ0) is 11.0. The van der Waals surface area contributed by atoms with E-state index in [1.165, 1.54) is 6.20 Å². The lowest BCUT2D eigenvalue weighted by molar-refractivity contribution is -0.115. The highest BCUT2D eigenvalue weighted by atomic mass is 16.2. The van der Waals surface area contributed by atoms with Crippen LogP contribution in [0.15, 0.2) is 12.4 Å². The summed E-state index contributed by atoms with van der Waals surface area (Å²) in [6.07, 6.45) is 3.20. The van der Waals surface area contributed by atoms with Crippen molar-refractivity contribution in [3.8, 4) is 0 Å². The number of urea groups is 1. The van der Waals surface area contributed by atoms with E-state index in [9.17, 15) is 9.59 Å². The van der Waals surface area contributed by atoms with Crippen LogP contribution in [-0.4, -0.2) is 28.3 Å². The van der Waals surface area contributed by atoms with E-state index in [0.29, 0.717) is 5.69 Å². The maximum atomic E-state index is 11.4. The Kier molecular flexibility index (Phi) is 2.18. The molecular weight excluding hydrogens is 196 g/mol. The Bertz CT molecular complexity index is 394. The lowest BCUT2D eigenvalue weighted by Crippen LogP contribution is -2.30. The van der Waals surface area contributed by atoms with Crippen molar-refractivity contribution in [2.45, 2.75) is 19.9 Å².